The summed E-state index contributed by atoms with van der Waals surface area (Å²) in [5.74, 6) is 0.794. The van der Waals surface area contributed by atoms with Gasteiger partial charge in [-0.05, 0) is 24.3 Å². The van der Waals surface area contributed by atoms with E-state index in [-0.39, 0.29) is 17.6 Å². The Balaban J connectivity index is 1.51. The molecule has 138 valence electrons. The zero-order chi connectivity index (χ0) is 18.6. The summed E-state index contributed by atoms with van der Waals surface area (Å²) in [4.78, 5) is 30.7. The lowest BCUT2D eigenvalue weighted by Gasteiger charge is -2.34. The molecular weight excluding hydrogens is 342 g/mol. The van der Waals surface area contributed by atoms with Crippen LogP contribution in [0, 0.1) is 0 Å². The average Bonchev–Trinajstić information content (AvgIpc) is 3.21. The number of carbonyl (C=O) groups excluding carboxylic acids is 1. The molecule has 8 heteroatoms. The standard InChI is InChI=1S/C19H21N7O/c20-19-15(3-2-6-23-19)18(27)16-4-1-5-17(25-16)26-8-7-22-14(11-26)9-13-10-21-12-24-13/h1-6,10,12,14,22H,7-9,11H2,(H2,20,23)(H,21,24). The number of carbonyl (C=O) groups is 1. The fraction of sp³-hybridized carbons (Fsp3) is 0.263. The van der Waals surface area contributed by atoms with E-state index >= 15 is 0 Å². The zero-order valence-corrected chi connectivity index (χ0v) is 14.8. The Morgan fingerprint density at radius 3 is 3.04 bits per heavy atom. The molecule has 1 fully saturated rings. The van der Waals surface area contributed by atoms with Gasteiger partial charge >= 0.3 is 0 Å². The number of rotatable bonds is 5. The fourth-order valence-electron chi connectivity index (χ4n) is 3.31. The quantitative estimate of drug-likeness (QED) is 0.580. The van der Waals surface area contributed by atoms with E-state index in [9.17, 15) is 4.79 Å². The first-order valence-electron chi connectivity index (χ1n) is 8.88. The van der Waals surface area contributed by atoms with Crippen LogP contribution in [0.25, 0.3) is 0 Å². The molecule has 3 aromatic rings. The second-order valence-electron chi connectivity index (χ2n) is 6.52. The molecule has 1 saturated heterocycles. The maximum atomic E-state index is 12.8. The van der Waals surface area contributed by atoms with Crippen LogP contribution in [0.3, 0.4) is 0 Å². The summed E-state index contributed by atoms with van der Waals surface area (Å²) in [6.07, 6.45) is 5.96. The molecule has 1 atom stereocenters. The molecule has 0 radical (unpaired) electrons. The van der Waals surface area contributed by atoms with Crippen molar-refractivity contribution in [1.82, 2.24) is 25.3 Å². The summed E-state index contributed by atoms with van der Waals surface area (Å²) >= 11 is 0. The van der Waals surface area contributed by atoms with Gasteiger partial charge in [0.1, 0.15) is 17.3 Å². The molecule has 0 aliphatic carbocycles. The highest BCUT2D eigenvalue weighted by Gasteiger charge is 2.22. The molecule has 4 N–H and O–H groups in total. The van der Waals surface area contributed by atoms with E-state index < -0.39 is 0 Å². The number of pyridine rings is 2. The van der Waals surface area contributed by atoms with Crippen LogP contribution in [0.15, 0.2) is 49.1 Å². The number of imidazole rings is 1. The van der Waals surface area contributed by atoms with Crippen LogP contribution in [0.5, 0.6) is 0 Å². The molecule has 0 aromatic carbocycles. The number of anilines is 2. The SMILES string of the molecule is Nc1ncccc1C(=O)c1cccc(N2CCNC(Cc3cnc[nH]3)C2)n1. The number of piperazine rings is 1. The van der Waals surface area contributed by atoms with E-state index in [1.54, 1.807) is 30.7 Å². The van der Waals surface area contributed by atoms with Crippen molar-refractivity contribution in [2.24, 2.45) is 0 Å². The van der Waals surface area contributed by atoms with E-state index in [2.05, 4.69) is 30.2 Å². The first kappa shape index (κ1) is 17.2. The lowest BCUT2D eigenvalue weighted by molar-refractivity contribution is 0.103. The molecule has 1 unspecified atom stereocenters. The first-order chi connectivity index (χ1) is 13.2. The molecule has 4 heterocycles. The number of hydrogen-bond acceptors (Lipinski definition) is 7. The monoisotopic (exact) mass is 363 g/mol. The van der Waals surface area contributed by atoms with Gasteiger partial charge in [-0.2, -0.15) is 0 Å². The van der Waals surface area contributed by atoms with E-state index in [1.165, 1.54) is 0 Å². The summed E-state index contributed by atoms with van der Waals surface area (Å²) < 4.78 is 0. The van der Waals surface area contributed by atoms with Crippen LogP contribution < -0.4 is 16.0 Å². The first-order valence-corrected chi connectivity index (χ1v) is 8.88. The van der Waals surface area contributed by atoms with Crippen LogP contribution in [-0.4, -0.2) is 51.4 Å². The Morgan fingerprint density at radius 2 is 2.22 bits per heavy atom. The van der Waals surface area contributed by atoms with Gasteiger partial charge in [0, 0.05) is 50.2 Å². The van der Waals surface area contributed by atoms with Crippen LogP contribution in [0.2, 0.25) is 0 Å². The Kier molecular flexibility index (Phi) is 4.80. The van der Waals surface area contributed by atoms with Crippen molar-refractivity contribution in [3.63, 3.8) is 0 Å². The Labute approximate surface area is 156 Å². The molecule has 4 rings (SSSR count). The lowest BCUT2D eigenvalue weighted by Crippen LogP contribution is -2.52. The third-order valence-corrected chi connectivity index (χ3v) is 4.65. The minimum absolute atomic E-state index is 0.216. The highest BCUT2D eigenvalue weighted by molar-refractivity contribution is 6.10. The minimum atomic E-state index is -0.216. The highest BCUT2D eigenvalue weighted by atomic mass is 16.1. The van der Waals surface area contributed by atoms with Crippen LogP contribution in [-0.2, 0) is 6.42 Å². The molecule has 8 nitrogen and oxygen atoms in total. The molecule has 0 spiro atoms. The number of nitrogen functional groups attached to an aromatic ring is 1. The summed E-state index contributed by atoms with van der Waals surface area (Å²) in [5, 5.41) is 3.52. The van der Waals surface area contributed by atoms with Crippen molar-refractivity contribution in [3.8, 4) is 0 Å². The number of nitrogens with zero attached hydrogens (tertiary/aromatic N) is 4. The topological polar surface area (TPSA) is 113 Å². The highest BCUT2D eigenvalue weighted by Crippen LogP contribution is 2.18. The van der Waals surface area contributed by atoms with Crippen molar-refractivity contribution >= 4 is 17.4 Å². The molecule has 0 bridgehead atoms. The summed E-state index contributed by atoms with van der Waals surface area (Å²) in [6, 6.07) is 9.15. The third kappa shape index (κ3) is 3.80. The second kappa shape index (κ2) is 7.55. The van der Waals surface area contributed by atoms with E-state index in [0.717, 1.165) is 37.6 Å². The summed E-state index contributed by atoms with van der Waals surface area (Å²) in [5.41, 5.74) is 7.68. The summed E-state index contributed by atoms with van der Waals surface area (Å²) in [6.45, 7) is 2.49. The molecule has 1 aliphatic heterocycles. The van der Waals surface area contributed by atoms with Crippen molar-refractivity contribution < 1.29 is 4.79 Å². The van der Waals surface area contributed by atoms with Crippen molar-refractivity contribution in [1.29, 1.82) is 0 Å². The third-order valence-electron chi connectivity index (χ3n) is 4.65. The largest absolute Gasteiger partial charge is 0.383 e. The van der Waals surface area contributed by atoms with Crippen molar-refractivity contribution in [3.05, 3.63) is 66.0 Å². The Hall–Kier alpha value is -3.26. The van der Waals surface area contributed by atoms with Gasteiger partial charge in [0.05, 0.1) is 11.9 Å². The molecule has 0 saturated carbocycles. The number of aromatic amines is 1. The number of hydrogen-bond donors (Lipinski definition) is 3. The maximum absolute atomic E-state index is 12.8. The van der Waals surface area contributed by atoms with Gasteiger partial charge in [-0.1, -0.05) is 6.07 Å². The molecule has 3 aromatic heterocycles. The Morgan fingerprint density at radius 1 is 1.30 bits per heavy atom. The summed E-state index contributed by atoms with van der Waals surface area (Å²) in [7, 11) is 0. The van der Waals surface area contributed by atoms with Crippen LogP contribution in [0.4, 0.5) is 11.6 Å². The van der Waals surface area contributed by atoms with E-state index in [0.29, 0.717) is 11.3 Å². The number of H-pyrrole nitrogens is 1. The predicted octanol–water partition coefficient (Wildman–Crippen LogP) is 1.03. The normalized spacial score (nSPS) is 17.0. The van der Waals surface area contributed by atoms with Gasteiger partial charge in [-0.25, -0.2) is 15.0 Å². The van der Waals surface area contributed by atoms with Crippen molar-refractivity contribution in [2.45, 2.75) is 12.5 Å². The van der Waals surface area contributed by atoms with Gasteiger partial charge in [-0.15, -0.1) is 0 Å². The van der Waals surface area contributed by atoms with Gasteiger partial charge < -0.3 is 20.9 Å². The lowest BCUT2D eigenvalue weighted by atomic mass is 10.1. The molecule has 27 heavy (non-hydrogen) atoms. The molecule has 0 amide bonds. The smallest absolute Gasteiger partial charge is 0.215 e. The van der Waals surface area contributed by atoms with Gasteiger partial charge in [-0.3, -0.25) is 4.79 Å². The van der Waals surface area contributed by atoms with E-state index in [4.69, 9.17) is 5.73 Å². The molecular formula is C19H21N7O. The minimum Gasteiger partial charge on any atom is -0.383 e. The zero-order valence-electron chi connectivity index (χ0n) is 14.8. The van der Waals surface area contributed by atoms with Gasteiger partial charge in [0.25, 0.3) is 0 Å². The number of aromatic nitrogens is 4. The molecule has 1 aliphatic rings. The van der Waals surface area contributed by atoms with Crippen molar-refractivity contribution in [2.75, 3.05) is 30.3 Å². The van der Waals surface area contributed by atoms with E-state index in [1.807, 2.05) is 18.3 Å². The number of nitrogens with two attached hydrogens (primary N) is 1. The van der Waals surface area contributed by atoms with Gasteiger partial charge in [0.15, 0.2) is 0 Å². The fourth-order valence-corrected chi connectivity index (χ4v) is 3.31. The number of ketones is 1. The van der Waals surface area contributed by atoms with Gasteiger partial charge in [0.2, 0.25) is 5.78 Å². The van der Waals surface area contributed by atoms with Crippen LogP contribution in [0.1, 0.15) is 21.7 Å². The number of nitrogens with one attached hydrogen (secondary N) is 2. The second-order valence-corrected chi connectivity index (χ2v) is 6.52. The predicted molar refractivity (Wildman–Crippen MR) is 103 cm³/mol. The van der Waals surface area contributed by atoms with Crippen LogP contribution >= 0.6 is 0 Å². The maximum Gasteiger partial charge on any atom is 0.215 e. The Bertz CT molecular complexity index is 925. The average molecular weight is 363 g/mol.